The van der Waals surface area contributed by atoms with E-state index >= 15 is 0 Å². The first-order valence-electron chi connectivity index (χ1n) is 8.56. The van der Waals surface area contributed by atoms with Gasteiger partial charge in [0.25, 0.3) is 0 Å². The largest absolute Gasteiger partial charge is 0.492 e. The van der Waals surface area contributed by atoms with Crippen LogP contribution in [-0.2, 0) is 0 Å². The molecule has 1 heterocycles. The van der Waals surface area contributed by atoms with Gasteiger partial charge in [-0.2, -0.15) is 0 Å². The zero-order valence-electron chi connectivity index (χ0n) is 14.5. The highest BCUT2D eigenvalue weighted by Crippen LogP contribution is 2.29. The van der Waals surface area contributed by atoms with Crippen molar-refractivity contribution in [3.8, 4) is 5.75 Å². The third-order valence-electron chi connectivity index (χ3n) is 4.24. The number of piperazine rings is 1. The first-order valence-corrected chi connectivity index (χ1v) is 9.72. The minimum Gasteiger partial charge on any atom is -0.492 e. The van der Waals surface area contributed by atoms with E-state index in [9.17, 15) is 0 Å². The molecule has 1 fully saturated rings. The fourth-order valence-electron chi connectivity index (χ4n) is 2.92. The van der Waals surface area contributed by atoms with E-state index in [2.05, 4.69) is 21.2 Å². The molecule has 0 unspecified atom stereocenters. The molecular formula is C19H21Cl2N3OS. The predicted molar refractivity (Wildman–Crippen MR) is 114 cm³/mol. The second-order valence-electron chi connectivity index (χ2n) is 5.93. The molecule has 2 aromatic carbocycles. The highest BCUT2D eigenvalue weighted by atomic mass is 35.5. The minimum atomic E-state index is 0.511. The van der Waals surface area contributed by atoms with Gasteiger partial charge in [-0.05, 0) is 49.5 Å². The lowest BCUT2D eigenvalue weighted by molar-refractivity contribution is 0.336. The van der Waals surface area contributed by atoms with Crippen LogP contribution in [0.2, 0.25) is 10.0 Å². The summed E-state index contributed by atoms with van der Waals surface area (Å²) in [6, 6.07) is 13.6. The average molecular weight is 410 g/mol. The van der Waals surface area contributed by atoms with E-state index in [4.69, 9.17) is 40.2 Å². The number of rotatable bonds is 4. The Hall–Kier alpha value is -1.69. The summed E-state index contributed by atoms with van der Waals surface area (Å²) in [7, 11) is 0. The van der Waals surface area contributed by atoms with Crippen molar-refractivity contribution in [2.75, 3.05) is 43.0 Å². The molecule has 0 amide bonds. The lowest BCUT2D eigenvalue weighted by Gasteiger charge is -2.38. The van der Waals surface area contributed by atoms with Crippen LogP contribution in [0.1, 0.15) is 6.92 Å². The molecule has 1 saturated heterocycles. The van der Waals surface area contributed by atoms with Crippen molar-refractivity contribution in [3.05, 3.63) is 52.5 Å². The molecule has 1 aliphatic rings. The molecule has 7 heteroatoms. The normalized spacial score (nSPS) is 14.3. The Morgan fingerprint density at radius 3 is 2.50 bits per heavy atom. The van der Waals surface area contributed by atoms with E-state index in [0.29, 0.717) is 21.8 Å². The first kappa shape index (κ1) is 19.1. The van der Waals surface area contributed by atoms with Gasteiger partial charge in [0, 0.05) is 31.9 Å². The molecule has 0 aliphatic carbocycles. The maximum atomic E-state index is 6.06. The van der Waals surface area contributed by atoms with Crippen molar-refractivity contribution in [1.29, 1.82) is 0 Å². The van der Waals surface area contributed by atoms with Crippen LogP contribution in [0.15, 0.2) is 42.5 Å². The summed E-state index contributed by atoms with van der Waals surface area (Å²) >= 11 is 17.6. The second-order valence-corrected chi connectivity index (χ2v) is 7.13. The summed E-state index contributed by atoms with van der Waals surface area (Å²) in [5.41, 5.74) is 1.98. The van der Waals surface area contributed by atoms with Crippen molar-refractivity contribution in [3.63, 3.8) is 0 Å². The molecule has 4 nitrogen and oxygen atoms in total. The number of hydrogen-bond acceptors (Lipinski definition) is 3. The van der Waals surface area contributed by atoms with E-state index in [-0.39, 0.29) is 0 Å². The summed E-state index contributed by atoms with van der Waals surface area (Å²) in [6.45, 7) is 6.11. The van der Waals surface area contributed by atoms with E-state index in [1.807, 2.05) is 31.2 Å². The van der Waals surface area contributed by atoms with Crippen LogP contribution in [0.25, 0.3) is 0 Å². The lowest BCUT2D eigenvalue weighted by atomic mass is 10.2. The maximum absolute atomic E-state index is 6.06. The van der Waals surface area contributed by atoms with Crippen LogP contribution in [0, 0.1) is 0 Å². The zero-order chi connectivity index (χ0) is 18.5. The quantitative estimate of drug-likeness (QED) is 0.723. The number of anilines is 2. The van der Waals surface area contributed by atoms with Gasteiger partial charge in [0.1, 0.15) is 5.75 Å². The van der Waals surface area contributed by atoms with Gasteiger partial charge >= 0.3 is 0 Å². The van der Waals surface area contributed by atoms with Gasteiger partial charge < -0.3 is 19.9 Å². The highest BCUT2D eigenvalue weighted by molar-refractivity contribution is 7.80. The van der Waals surface area contributed by atoms with Crippen molar-refractivity contribution in [2.24, 2.45) is 0 Å². The second kappa shape index (κ2) is 8.80. The van der Waals surface area contributed by atoms with Crippen LogP contribution in [0.3, 0.4) is 0 Å². The molecule has 138 valence electrons. The SMILES string of the molecule is CCOc1ccccc1N1CCN(C(=S)Nc2ccc(Cl)c(Cl)c2)CC1. The molecule has 1 N–H and O–H groups in total. The average Bonchev–Trinajstić information content (AvgIpc) is 2.66. The monoisotopic (exact) mass is 409 g/mol. The molecule has 0 saturated carbocycles. The van der Waals surface area contributed by atoms with E-state index in [1.54, 1.807) is 12.1 Å². The van der Waals surface area contributed by atoms with Gasteiger partial charge in [0.05, 0.1) is 22.3 Å². The predicted octanol–water partition coefficient (Wildman–Crippen LogP) is 4.91. The molecule has 0 spiro atoms. The number of para-hydroxylation sites is 2. The highest BCUT2D eigenvalue weighted by Gasteiger charge is 2.21. The molecule has 0 bridgehead atoms. The molecule has 2 aromatic rings. The summed E-state index contributed by atoms with van der Waals surface area (Å²) in [6.07, 6.45) is 0. The molecule has 26 heavy (non-hydrogen) atoms. The van der Waals surface area contributed by atoms with Gasteiger partial charge in [-0.3, -0.25) is 0 Å². The standard InChI is InChI=1S/C19H21Cl2N3OS/c1-2-25-18-6-4-3-5-17(18)23-9-11-24(12-10-23)19(26)22-14-7-8-15(20)16(21)13-14/h3-8,13H,2,9-12H2,1H3,(H,22,26). The Labute approximate surface area is 169 Å². The molecule has 0 atom stereocenters. The molecular weight excluding hydrogens is 389 g/mol. The van der Waals surface area contributed by atoms with E-state index < -0.39 is 0 Å². The molecule has 0 radical (unpaired) electrons. The van der Waals surface area contributed by atoms with Gasteiger partial charge in [-0.15, -0.1) is 0 Å². The molecule has 3 rings (SSSR count). The number of nitrogens with one attached hydrogen (secondary N) is 1. The van der Waals surface area contributed by atoms with Crippen molar-refractivity contribution in [1.82, 2.24) is 4.90 Å². The zero-order valence-corrected chi connectivity index (χ0v) is 16.9. The number of benzene rings is 2. The number of nitrogens with zero attached hydrogens (tertiary/aromatic N) is 2. The van der Waals surface area contributed by atoms with Gasteiger partial charge in [0.15, 0.2) is 5.11 Å². The van der Waals surface area contributed by atoms with Crippen LogP contribution in [-0.4, -0.2) is 42.8 Å². The third-order valence-corrected chi connectivity index (χ3v) is 5.34. The summed E-state index contributed by atoms with van der Waals surface area (Å²) in [5, 5.41) is 4.98. The summed E-state index contributed by atoms with van der Waals surface area (Å²) < 4.78 is 5.75. The van der Waals surface area contributed by atoms with Crippen LogP contribution in [0.5, 0.6) is 5.75 Å². The summed E-state index contributed by atoms with van der Waals surface area (Å²) in [4.78, 5) is 4.50. The Morgan fingerprint density at radius 1 is 1.08 bits per heavy atom. The fraction of sp³-hybridized carbons (Fsp3) is 0.316. The van der Waals surface area contributed by atoms with Crippen LogP contribution >= 0.6 is 35.4 Å². The topological polar surface area (TPSA) is 27.7 Å². The first-order chi connectivity index (χ1) is 12.6. The van der Waals surface area contributed by atoms with Crippen molar-refractivity contribution < 1.29 is 4.74 Å². The lowest BCUT2D eigenvalue weighted by Crippen LogP contribution is -2.50. The van der Waals surface area contributed by atoms with Gasteiger partial charge in [-0.25, -0.2) is 0 Å². The van der Waals surface area contributed by atoms with Crippen molar-refractivity contribution in [2.45, 2.75) is 6.92 Å². The maximum Gasteiger partial charge on any atom is 0.173 e. The Kier molecular flexibility index (Phi) is 6.46. The number of ether oxygens (including phenoxy) is 1. The molecule has 0 aromatic heterocycles. The van der Waals surface area contributed by atoms with Crippen molar-refractivity contribution >= 4 is 51.9 Å². The van der Waals surface area contributed by atoms with Gasteiger partial charge in [-0.1, -0.05) is 35.3 Å². The Morgan fingerprint density at radius 2 is 1.81 bits per heavy atom. The Bertz CT molecular complexity index is 779. The van der Waals surface area contributed by atoms with Gasteiger partial charge in [0.2, 0.25) is 0 Å². The fourth-order valence-corrected chi connectivity index (χ4v) is 3.52. The van der Waals surface area contributed by atoms with Crippen LogP contribution < -0.4 is 15.0 Å². The summed E-state index contributed by atoms with van der Waals surface area (Å²) in [5.74, 6) is 0.931. The number of hydrogen-bond donors (Lipinski definition) is 1. The smallest absolute Gasteiger partial charge is 0.173 e. The van der Waals surface area contributed by atoms with E-state index in [1.165, 1.54) is 0 Å². The third kappa shape index (κ3) is 4.53. The minimum absolute atomic E-state index is 0.511. The Balaban J connectivity index is 1.59. The number of halogens is 2. The van der Waals surface area contributed by atoms with Crippen LogP contribution in [0.4, 0.5) is 11.4 Å². The van der Waals surface area contributed by atoms with E-state index in [0.717, 1.165) is 43.3 Å². The molecule has 1 aliphatic heterocycles. The number of thiocarbonyl (C=S) groups is 1.